The van der Waals surface area contributed by atoms with Gasteiger partial charge in [-0.2, -0.15) is 26.3 Å². The summed E-state index contributed by atoms with van der Waals surface area (Å²) < 4.78 is 80.6. The number of rotatable bonds is 5. The Balaban J connectivity index is 1.34. The van der Waals surface area contributed by atoms with Crippen LogP contribution in [-0.2, 0) is 18.9 Å². The fourth-order valence-corrected chi connectivity index (χ4v) is 5.94. The Morgan fingerprint density at radius 1 is 0.732 bits per heavy atom. The quantitative estimate of drug-likeness (QED) is 0.324. The first-order valence-electron chi connectivity index (χ1n) is 13.6. The van der Waals surface area contributed by atoms with E-state index in [1.165, 1.54) is 10.5 Å². The molecule has 0 radical (unpaired) electrons. The number of alkyl halides is 6. The third-order valence-electron chi connectivity index (χ3n) is 8.05. The molecule has 0 aromatic heterocycles. The zero-order valence-corrected chi connectivity index (χ0v) is 22.3. The summed E-state index contributed by atoms with van der Waals surface area (Å²) in [5.74, 6) is -0.962. The number of halogens is 6. The average Bonchev–Trinajstić information content (AvgIpc) is 2.97. The van der Waals surface area contributed by atoms with Crippen LogP contribution in [0.5, 0.6) is 0 Å². The number of hydrogen-bond donors (Lipinski definition) is 0. The highest BCUT2D eigenvalue weighted by Crippen LogP contribution is 2.38. The molecule has 2 atom stereocenters. The van der Waals surface area contributed by atoms with Gasteiger partial charge in [-0.25, -0.2) is 0 Å². The van der Waals surface area contributed by atoms with Gasteiger partial charge in [0.05, 0.1) is 11.1 Å². The van der Waals surface area contributed by atoms with Crippen molar-refractivity contribution in [3.8, 4) is 0 Å². The predicted molar refractivity (Wildman–Crippen MR) is 143 cm³/mol. The summed E-state index contributed by atoms with van der Waals surface area (Å²) in [5, 5.41) is 0. The van der Waals surface area contributed by atoms with E-state index in [1.807, 2.05) is 48.5 Å². The summed E-state index contributed by atoms with van der Waals surface area (Å²) in [4.78, 5) is 19.6. The van der Waals surface area contributed by atoms with Gasteiger partial charge in [-0.3, -0.25) is 14.6 Å². The van der Waals surface area contributed by atoms with Crippen molar-refractivity contribution in [3.05, 3.63) is 107 Å². The molecule has 3 aromatic rings. The second-order valence-electron chi connectivity index (χ2n) is 10.7. The van der Waals surface area contributed by atoms with Crippen LogP contribution in [0.4, 0.5) is 26.3 Å². The van der Waals surface area contributed by atoms with E-state index in [1.54, 1.807) is 0 Å². The second-order valence-corrected chi connectivity index (χ2v) is 10.7. The standard InChI is InChI=1S/C31H31F6N3O/c32-30(33,34)25-17-24(18-26(19-25)31(35,36)37)29(41)40-12-11-28(27(21-40)23-9-5-2-6-10-23)39-15-13-38(14-16-39)20-22-7-3-1-4-8-22/h1-10,17-19,27-28H,11-16,20-21H2/t27-,28-/m0/s1. The van der Waals surface area contributed by atoms with Crippen LogP contribution in [0.1, 0.15) is 45.0 Å². The van der Waals surface area contributed by atoms with E-state index in [4.69, 9.17) is 0 Å². The van der Waals surface area contributed by atoms with Crippen LogP contribution in [-0.4, -0.2) is 65.9 Å². The fraction of sp³-hybridized carbons (Fsp3) is 0.387. The number of amides is 1. The summed E-state index contributed by atoms with van der Waals surface area (Å²) in [6, 6.07) is 21.0. The van der Waals surface area contributed by atoms with Crippen molar-refractivity contribution in [2.24, 2.45) is 0 Å². The van der Waals surface area contributed by atoms with Crippen LogP contribution < -0.4 is 0 Å². The van der Waals surface area contributed by atoms with Crippen LogP contribution in [0.3, 0.4) is 0 Å². The third-order valence-corrected chi connectivity index (χ3v) is 8.05. The highest BCUT2D eigenvalue weighted by Gasteiger charge is 2.40. The van der Waals surface area contributed by atoms with Crippen LogP contribution in [0.25, 0.3) is 0 Å². The van der Waals surface area contributed by atoms with E-state index in [0.717, 1.165) is 38.3 Å². The highest BCUT2D eigenvalue weighted by atomic mass is 19.4. The van der Waals surface area contributed by atoms with Gasteiger partial charge in [0, 0.05) is 63.3 Å². The van der Waals surface area contributed by atoms with E-state index in [0.29, 0.717) is 18.6 Å². The fourth-order valence-electron chi connectivity index (χ4n) is 5.94. The van der Waals surface area contributed by atoms with Gasteiger partial charge in [0.25, 0.3) is 5.91 Å². The summed E-state index contributed by atoms with van der Waals surface area (Å²) >= 11 is 0. The van der Waals surface area contributed by atoms with E-state index >= 15 is 0 Å². The molecule has 2 aliphatic rings. The minimum absolute atomic E-state index is 0.0488. The zero-order chi connectivity index (χ0) is 29.2. The Morgan fingerprint density at radius 2 is 1.29 bits per heavy atom. The Labute approximate surface area is 235 Å². The normalized spacial score (nSPS) is 21.2. The van der Waals surface area contributed by atoms with Crippen molar-refractivity contribution < 1.29 is 31.1 Å². The first kappa shape index (κ1) is 29.1. The maximum atomic E-state index is 13.4. The molecular weight excluding hydrogens is 544 g/mol. The second kappa shape index (κ2) is 11.9. The number of carbonyl (C=O) groups is 1. The summed E-state index contributed by atoms with van der Waals surface area (Å²) in [7, 11) is 0. The lowest BCUT2D eigenvalue weighted by Crippen LogP contribution is -2.56. The number of hydrogen-bond acceptors (Lipinski definition) is 3. The first-order valence-corrected chi connectivity index (χ1v) is 13.6. The van der Waals surface area contributed by atoms with E-state index in [-0.39, 0.29) is 31.1 Å². The number of likely N-dealkylation sites (tertiary alicyclic amines) is 1. The van der Waals surface area contributed by atoms with Gasteiger partial charge in [0.15, 0.2) is 0 Å². The third kappa shape index (κ3) is 6.93. The average molecular weight is 576 g/mol. The first-order chi connectivity index (χ1) is 19.5. The van der Waals surface area contributed by atoms with Crippen LogP contribution >= 0.6 is 0 Å². The van der Waals surface area contributed by atoms with Crippen LogP contribution in [0.2, 0.25) is 0 Å². The molecule has 0 bridgehead atoms. The molecule has 2 saturated heterocycles. The van der Waals surface area contributed by atoms with Gasteiger partial charge in [-0.1, -0.05) is 60.7 Å². The lowest BCUT2D eigenvalue weighted by Gasteiger charge is -2.47. The lowest BCUT2D eigenvalue weighted by molar-refractivity contribution is -0.143. The van der Waals surface area contributed by atoms with E-state index < -0.39 is 35.0 Å². The van der Waals surface area contributed by atoms with Gasteiger partial charge in [-0.15, -0.1) is 0 Å². The van der Waals surface area contributed by atoms with Crippen molar-refractivity contribution in [3.63, 3.8) is 0 Å². The van der Waals surface area contributed by atoms with Crippen molar-refractivity contribution in [2.45, 2.75) is 37.3 Å². The minimum Gasteiger partial charge on any atom is -0.338 e. The molecule has 2 fully saturated rings. The molecule has 0 unspecified atom stereocenters. The molecule has 0 aliphatic carbocycles. The molecular formula is C31H31F6N3O. The molecule has 2 aliphatic heterocycles. The van der Waals surface area contributed by atoms with Gasteiger partial charge in [0.2, 0.25) is 0 Å². The van der Waals surface area contributed by atoms with E-state index in [9.17, 15) is 31.1 Å². The number of piperazine rings is 1. The molecule has 4 nitrogen and oxygen atoms in total. The molecule has 41 heavy (non-hydrogen) atoms. The number of carbonyl (C=O) groups excluding carboxylic acids is 1. The van der Waals surface area contributed by atoms with Crippen molar-refractivity contribution in [1.29, 1.82) is 0 Å². The summed E-state index contributed by atoms with van der Waals surface area (Å²) in [5.41, 5.74) is -1.34. The molecule has 0 N–H and O–H groups in total. The number of nitrogens with zero attached hydrogens (tertiary/aromatic N) is 3. The molecule has 0 saturated carbocycles. The topological polar surface area (TPSA) is 26.8 Å². The molecule has 0 spiro atoms. The Kier molecular flexibility index (Phi) is 8.42. The lowest BCUT2D eigenvalue weighted by atomic mass is 9.84. The van der Waals surface area contributed by atoms with Gasteiger partial charge in [-0.05, 0) is 35.7 Å². The summed E-state index contributed by atoms with van der Waals surface area (Å²) in [6.45, 7) is 4.72. The Morgan fingerprint density at radius 3 is 1.85 bits per heavy atom. The van der Waals surface area contributed by atoms with Crippen LogP contribution in [0.15, 0.2) is 78.9 Å². The van der Waals surface area contributed by atoms with Crippen molar-refractivity contribution >= 4 is 5.91 Å². The van der Waals surface area contributed by atoms with Crippen molar-refractivity contribution in [2.75, 3.05) is 39.3 Å². The van der Waals surface area contributed by atoms with Gasteiger partial charge in [0.1, 0.15) is 0 Å². The maximum Gasteiger partial charge on any atom is 0.416 e. The SMILES string of the molecule is O=C(c1cc(C(F)(F)F)cc(C(F)(F)F)c1)N1CC[C@H](N2CCN(Cc3ccccc3)CC2)[C@H](c2ccccc2)C1. The zero-order valence-electron chi connectivity index (χ0n) is 22.3. The largest absolute Gasteiger partial charge is 0.416 e. The monoisotopic (exact) mass is 575 g/mol. The molecule has 3 aromatic carbocycles. The Bertz CT molecular complexity index is 1290. The molecule has 5 rings (SSSR count). The van der Waals surface area contributed by atoms with Crippen LogP contribution in [0, 0.1) is 0 Å². The van der Waals surface area contributed by atoms with E-state index in [2.05, 4.69) is 21.9 Å². The molecule has 218 valence electrons. The number of piperidine rings is 1. The van der Waals surface area contributed by atoms with Gasteiger partial charge >= 0.3 is 12.4 Å². The molecule has 10 heteroatoms. The molecule has 2 heterocycles. The van der Waals surface area contributed by atoms with Crippen molar-refractivity contribution in [1.82, 2.24) is 14.7 Å². The Hall–Kier alpha value is -3.37. The highest BCUT2D eigenvalue weighted by molar-refractivity contribution is 5.95. The van der Waals surface area contributed by atoms with Gasteiger partial charge < -0.3 is 4.90 Å². The minimum atomic E-state index is -5.02. The summed E-state index contributed by atoms with van der Waals surface area (Å²) in [6.07, 6.45) is -9.47. The maximum absolute atomic E-state index is 13.4. The molecule has 1 amide bonds. The smallest absolute Gasteiger partial charge is 0.338 e. The number of benzene rings is 3. The predicted octanol–water partition coefficient (Wildman–Crippen LogP) is 6.54.